The summed E-state index contributed by atoms with van der Waals surface area (Å²) in [6.07, 6.45) is 0. The number of carbonyl (C=O) groups is 1. The molecular weight excluding hydrogens is 242 g/mol. The van der Waals surface area contributed by atoms with Crippen LogP contribution in [0, 0.1) is 13.8 Å². The molecule has 0 radical (unpaired) electrons. The Morgan fingerprint density at radius 3 is 2.42 bits per heavy atom. The van der Waals surface area contributed by atoms with Crippen LogP contribution in [0.4, 0.5) is 0 Å². The fourth-order valence-corrected chi connectivity index (χ4v) is 2.20. The zero-order chi connectivity index (χ0) is 14.0. The molecular formula is C14H17N3O2. The zero-order valence-corrected chi connectivity index (χ0v) is 11.2. The van der Waals surface area contributed by atoms with Crippen molar-refractivity contribution in [3.8, 4) is 11.4 Å². The summed E-state index contributed by atoms with van der Waals surface area (Å²) in [5, 5.41) is 0. The average Bonchev–Trinajstić information content (AvgIpc) is 2.73. The topological polar surface area (TPSA) is 69.3 Å². The zero-order valence-electron chi connectivity index (χ0n) is 11.2. The summed E-state index contributed by atoms with van der Waals surface area (Å²) >= 11 is 0. The lowest BCUT2D eigenvalue weighted by Crippen LogP contribution is -2.30. The normalized spacial score (nSPS) is 10.3. The monoisotopic (exact) mass is 259 g/mol. The van der Waals surface area contributed by atoms with Crippen LogP contribution in [0.25, 0.3) is 5.69 Å². The molecule has 0 aliphatic heterocycles. The third-order valence-corrected chi connectivity index (χ3v) is 3.14. The van der Waals surface area contributed by atoms with Crippen molar-refractivity contribution in [2.75, 3.05) is 7.11 Å². The minimum atomic E-state index is -0.284. The van der Waals surface area contributed by atoms with Gasteiger partial charge in [0.2, 0.25) is 0 Å². The van der Waals surface area contributed by atoms with Gasteiger partial charge in [-0.3, -0.25) is 10.2 Å². The molecule has 2 rings (SSSR count). The molecule has 0 atom stereocenters. The van der Waals surface area contributed by atoms with Crippen LogP contribution >= 0.6 is 0 Å². The van der Waals surface area contributed by atoms with Gasteiger partial charge in [0.25, 0.3) is 5.91 Å². The second-order valence-electron chi connectivity index (χ2n) is 4.29. The van der Waals surface area contributed by atoms with Gasteiger partial charge in [0.15, 0.2) is 0 Å². The van der Waals surface area contributed by atoms with Crippen LogP contribution in [0.1, 0.15) is 21.7 Å². The van der Waals surface area contributed by atoms with E-state index in [0.29, 0.717) is 5.56 Å². The van der Waals surface area contributed by atoms with E-state index in [9.17, 15) is 4.79 Å². The van der Waals surface area contributed by atoms with E-state index in [1.54, 1.807) is 7.11 Å². The predicted molar refractivity (Wildman–Crippen MR) is 73.4 cm³/mol. The first kappa shape index (κ1) is 13.2. The number of methoxy groups -OCH3 is 1. The summed E-state index contributed by atoms with van der Waals surface area (Å²) in [6, 6.07) is 9.49. The summed E-state index contributed by atoms with van der Waals surface area (Å²) in [4.78, 5) is 11.7. The van der Waals surface area contributed by atoms with Crippen LogP contribution in [-0.4, -0.2) is 17.6 Å². The van der Waals surface area contributed by atoms with E-state index in [2.05, 4.69) is 5.43 Å². The lowest BCUT2D eigenvalue weighted by molar-refractivity contribution is 0.0953. The Kier molecular flexibility index (Phi) is 3.57. The van der Waals surface area contributed by atoms with Gasteiger partial charge in [-0.05, 0) is 44.2 Å². The van der Waals surface area contributed by atoms with Gasteiger partial charge in [-0.1, -0.05) is 0 Å². The molecule has 0 saturated carbocycles. The minimum Gasteiger partial charge on any atom is -0.497 e. The van der Waals surface area contributed by atoms with E-state index in [1.807, 2.05) is 48.7 Å². The van der Waals surface area contributed by atoms with Crippen LogP contribution in [0.15, 0.2) is 30.3 Å². The molecule has 0 fully saturated rings. The minimum absolute atomic E-state index is 0.284. The fourth-order valence-electron chi connectivity index (χ4n) is 2.20. The highest BCUT2D eigenvalue weighted by Crippen LogP contribution is 2.22. The highest BCUT2D eigenvalue weighted by atomic mass is 16.5. The standard InChI is InChI=1S/C14H17N3O2/c1-9-8-13(14(18)16-15)10(2)17(9)11-4-6-12(19-3)7-5-11/h4-8H,15H2,1-3H3,(H,16,18). The molecule has 3 N–H and O–H groups in total. The van der Waals surface area contributed by atoms with Crippen molar-refractivity contribution in [1.29, 1.82) is 0 Å². The van der Waals surface area contributed by atoms with E-state index in [1.165, 1.54) is 0 Å². The number of carbonyl (C=O) groups excluding carboxylic acids is 1. The Hall–Kier alpha value is -2.27. The lowest BCUT2D eigenvalue weighted by Gasteiger charge is -2.10. The van der Waals surface area contributed by atoms with Crippen LogP contribution in [0.5, 0.6) is 5.75 Å². The number of benzene rings is 1. The predicted octanol–water partition coefficient (Wildman–Crippen LogP) is 1.71. The molecule has 0 bridgehead atoms. The van der Waals surface area contributed by atoms with Gasteiger partial charge in [-0.25, -0.2) is 5.84 Å². The molecule has 0 aliphatic carbocycles. The van der Waals surface area contributed by atoms with Crippen LogP contribution in [-0.2, 0) is 0 Å². The number of nitrogens with two attached hydrogens (primary N) is 1. The van der Waals surface area contributed by atoms with Gasteiger partial charge < -0.3 is 9.30 Å². The molecule has 0 unspecified atom stereocenters. The van der Waals surface area contributed by atoms with E-state index in [-0.39, 0.29) is 5.91 Å². The van der Waals surface area contributed by atoms with Crippen molar-refractivity contribution >= 4 is 5.91 Å². The fraction of sp³-hybridized carbons (Fsp3) is 0.214. The van der Waals surface area contributed by atoms with Crippen LogP contribution in [0.2, 0.25) is 0 Å². The summed E-state index contributed by atoms with van der Waals surface area (Å²) in [7, 11) is 1.63. The number of ether oxygens (including phenoxy) is 1. The Balaban J connectivity index is 2.49. The Labute approximate surface area is 112 Å². The van der Waals surface area contributed by atoms with Crippen LogP contribution in [0.3, 0.4) is 0 Å². The number of nitrogen functional groups attached to an aromatic ring is 1. The highest BCUT2D eigenvalue weighted by Gasteiger charge is 2.15. The number of aryl methyl sites for hydroxylation is 1. The van der Waals surface area contributed by atoms with Crippen molar-refractivity contribution in [1.82, 2.24) is 9.99 Å². The van der Waals surface area contributed by atoms with Crippen LogP contribution < -0.4 is 16.0 Å². The summed E-state index contributed by atoms with van der Waals surface area (Å²) in [5.74, 6) is 5.70. The van der Waals surface area contributed by atoms with Gasteiger partial charge in [-0.2, -0.15) is 0 Å². The maximum absolute atomic E-state index is 11.7. The van der Waals surface area contributed by atoms with Gasteiger partial charge in [0.05, 0.1) is 12.7 Å². The summed E-state index contributed by atoms with van der Waals surface area (Å²) in [6.45, 7) is 3.84. The Morgan fingerprint density at radius 2 is 1.89 bits per heavy atom. The summed E-state index contributed by atoms with van der Waals surface area (Å²) in [5.41, 5.74) is 5.54. The van der Waals surface area contributed by atoms with Gasteiger partial charge >= 0.3 is 0 Å². The van der Waals surface area contributed by atoms with Crippen molar-refractivity contribution in [3.63, 3.8) is 0 Å². The molecule has 2 aromatic rings. The smallest absolute Gasteiger partial charge is 0.267 e. The van der Waals surface area contributed by atoms with Gasteiger partial charge in [0, 0.05) is 17.1 Å². The number of nitrogens with zero attached hydrogens (tertiary/aromatic N) is 1. The largest absolute Gasteiger partial charge is 0.497 e. The molecule has 0 saturated heterocycles. The molecule has 1 heterocycles. The van der Waals surface area contributed by atoms with E-state index < -0.39 is 0 Å². The number of hydrogen-bond donors (Lipinski definition) is 2. The average molecular weight is 259 g/mol. The van der Waals surface area contributed by atoms with Crippen molar-refractivity contribution in [2.24, 2.45) is 5.84 Å². The molecule has 1 aromatic carbocycles. The first-order valence-corrected chi connectivity index (χ1v) is 5.92. The second kappa shape index (κ2) is 5.16. The number of nitrogens with one attached hydrogen (secondary N) is 1. The number of hydrogen-bond acceptors (Lipinski definition) is 3. The van der Waals surface area contributed by atoms with Crippen molar-refractivity contribution in [2.45, 2.75) is 13.8 Å². The summed E-state index contributed by atoms with van der Waals surface area (Å²) < 4.78 is 7.14. The highest BCUT2D eigenvalue weighted by molar-refractivity contribution is 5.95. The molecule has 5 nitrogen and oxygen atoms in total. The van der Waals surface area contributed by atoms with E-state index in [4.69, 9.17) is 10.6 Å². The van der Waals surface area contributed by atoms with Gasteiger partial charge in [0.1, 0.15) is 5.75 Å². The Bertz CT molecular complexity index is 600. The van der Waals surface area contributed by atoms with E-state index in [0.717, 1.165) is 22.8 Å². The molecule has 100 valence electrons. The molecule has 5 heteroatoms. The number of amides is 1. The van der Waals surface area contributed by atoms with Gasteiger partial charge in [-0.15, -0.1) is 0 Å². The molecule has 1 amide bonds. The third-order valence-electron chi connectivity index (χ3n) is 3.14. The van der Waals surface area contributed by atoms with Crippen molar-refractivity contribution in [3.05, 3.63) is 47.3 Å². The maximum atomic E-state index is 11.7. The molecule has 0 spiro atoms. The SMILES string of the molecule is COc1ccc(-n2c(C)cc(C(=O)NN)c2C)cc1. The number of rotatable bonds is 3. The molecule has 1 aromatic heterocycles. The first-order valence-electron chi connectivity index (χ1n) is 5.92. The second-order valence-corrected chi connectivity index (χ2v) is 4.29. The van der Waals surface area contributed by atoms with E-state index >= 15 is 0 Å². The molecule has 0 aliphatic rings. The third kappa shape index (κ3) is 2.32. The molecule has 19 heavy (non-hydrogen) atoms. The number of aromatic nitrogens is 1. The Morgan fingerprint density at radius 1 is 1.26 bits per heavy atom. The maximum Gasteiger partial charge on any atom is 0.267 e. The van der Waals surface area contributed by atoms with Crippen molar-refractivity contribution < 1.29 is 9.53 Å². The number of hydrazine groups is 1. The quantitative estimate of drug-likeness (QED) is 0.501. The lowest BCUT2D eigenvalue weighted by atomic mass is 10.2. The first-order chi connectivity index (χ1) is 9.08.